The monoisotopic (exact) mass is 439 g/mol. The molecule has 30 heavy (non-hydrogen) atoms. The van der Waals surface area contributed by atoms with E-state index in [4.69, 9.17) is 9.47 Å². The second-order valence-corrected chi connectivity index (χ2v) is 5.78. The number of halogens is 4. The van der Waals surface area contributed by atoms with Gasteiger partial charge in [0.1, 0.15) is 0 Å². The molecule has 10 heteroatoms. The number of rotatable bonds is 6. The van der Waals surface area contributed by atoms with Crippen LogP contribution in [0.5, 0.6) is 17.4 Å². The predicted molar refractivity (Wildman–Crippen MR) is 108 cm³/mol. The summed E-state index contributed by atoms with van der Waals surface area (Å²) in [6, 6.07) is 9.72. The number of hydrogen-bond acceptors (Lipinski definition) is 5. The van der Waals surface area contributed by atoms with Crippen molar-refractivity contribution in [1.82, 2.24) is 4.98 Å². The number of ether oxygens (including phenoxy) is 2. The number of nitrogens with zero attached hydrogens (tertiary/aromatic N) is 1. The minimum absolute atomic E-state index is 0. The third-order valence-corrected chi connectivity index (χ3v) is 3.94. The highest BCUT2D eigenvalue weighted by Gasteiger charge is 2.19. The third-order valence-electron chi connectivity index (χ3n) is 3.94. The second kappa shape index (κ2) is 9.84. The first kappa shape index (κ1) is 22.8. The lowest BCUT2D eigenvalue weighted by Crippen LogP contribution is -2.15. The number of benzene rings is 2. The van der Waals surface area contributed by atoms with Crippen LogP contribution in [0.25, 0.3) is 0 Å². The number of amides is 1. The van der Waals surface area contributed by atoms with Crippen molar-refractivity contribution in [2.24, 2.45) is 0 Å². The molecule has 0 saturated heterocycles. The molecular weight excluding hydrogens is 423 g/mol. The minimum atomic E-state index is -1.71. The SMILES string of the molecule is CNc1ccc(Oc2ccc(NC(=O)c3ccc(F)c(F)c3F)cn2)c(OC)c1.Cl. The normalized spacial score (nSPS) is 10.0. The summed E-state index contributed by atoms with van der Waals surface area (Å²) in [6.07, 6.45) is 1.28. The molecule has 0 aliphatic heterocycles. The van der Waals surface area contributed by atoms with Gasteiger partial charge in [-0.05, 0) is 30.3 Å². The Morgan fingerprint density at radius 2 is 1.70 bits per heavy atom. The molecule has 0 aliphatic rings. The molecular formula is C20H17ClF3N3O3. The molecule has 6 nitrogen and oxygen atoms in total. The van der Waals surface area contributed by atoms with Crippen molar-refractivity contribution in [3.8, 4) is 17.4 Å². The topological polar surface area (TPSA) is 72.5 Å². The van der Waals surface area contributed by atoms with Crippen LogP contribution in [0.1, 0.15) is 10.4 Å². The van der Waals surface area contributed by atoms with Gasteiger partial charge < -0.3 is 20.1 Å². The van der Waals surface area contributed by atoms with Crippen molar-refractivity contribution >= 4 is 29.7 Å². The van der Waals surface area contributed by atoms with Gasteiger partial charge in [0, 0.05) is 24.9 Å². The van der Waals surface area contributed by atoms with Crippen LogP contribution in [0.3, 0.4) is 0 Å². The van der Waals surface area contributed by atoms with Crippen molar-refractivity contribution in [1.29, 1.82) is 0 Å². The standard InChI is InChI=1S/C20H16F3N3O3.ClH/c1-24-11-3-7-15(16(9-11)28-2)29-17-8-4-12(10-25-17)26-20(27)13-5-6-14(21)19(23)18(13)22;/h3-10,24H,1-2H3,(H,26,27);1H. The van der Waals surface area contributed by atoms with Gasteiger partial charge in [-0.3, -0.25) is 4.79 Å². The highest BCUT2D eigenvalue weighted by molar-refractivity contribution is 6.04. The zero-order valence-corrected chi connectivity index (χ0v) is 16.6. The Kier molecular flexibility index (Phi) is 7.48. The van der Waals surface area contributed by atoms with Gasteiger partial charge in [0.15, 0.2) is 29.0 Å². The average Bonchev–Trinajstić information content (AvgIpc) is 2.73. The molecule has 158 valence electrons. The van der Waals surface area contributed by atoms with E-state index in [1.807, 2.05) is 0 Å². The maximum Gasteiger partial charge on any atom is 0.258 e. The fraction of sp³-hybridized carbons (Fsp3) is 0.100. The molecule has 0 atom stereocenters. The summed E-state index contributed by atoms with van der Waals surface area (Å²) in [6.45, 7) is 0. The fourth-order valence-corrected chi connectivity index (χ4v) is 2.43. The van der Waals surface area contributed by atoms with Crippen LogP contribution in [-0.4, -0.2) is 25.0 Å². The predicted octanol–water partition coefficient (Wildman–Crippen LogP) is 5.02. The number of methoxy groups -OCH3 is 1. The molecule has 3 aromatic rings. The fourth-order valence-electron chi connectivity index (χ4n) is 2.43. The van der Waals surface area contributed by atoms with Crippen LogP contribution < -0.4 is 20.1 Å². The highest BCUT2D eigenvalue weighted by atomic mass is 35.5. The van der Waals surface area contributed by atoms with Crippen molar-refractivity contribution in [3.63, 3.8) is 0 Å². The Bertz CT molecular complexity index is 1050. The van der Waals surface area contributed by atoms with Gasteiger partial charge in [-0.1, -0.05) is 0 Å². The molecule has 3 rings (SSSR count). The number of carbonyl (C=O) groups excluding carboxylic acids is 1. The summed E-state index contributed by atoms with van der Waals surface area (Å²) in [5, 5.41) is 5.34. The summed E-state index contributed by atoms with van der Waals surface area (Å²) in [5.41, 5.74) is 0.423. The molecule has 0 radical (unpaired) electrons. The van der Waals surface area contributed by atoms with Crippen molar-refractivity contribution in [2.75, 3.05) is 24.8 Å². The lowest BCUT2D eigenvalue weighted by atomic mass is 10.2. The van der Waals surface area contributed by atoms with E-state index in [9.17, 15) is 18.0 Å². The second-order valence-electron chi connectivity index (χ2n) is 5.78. The third kappa shape index (κ3) is 4.93. The number of carbonyl (C=O) groups is 1. The highest BCUT2D eigenvalue weighted by Crippen LogP contribution is 2.33. The zero-order valence-electron chi connectivity index (χ0n) is 15.8. The summed E-state index contributed by atoms with van der Waals surface area (Å²) in [7, 11) is 3.28. The molecule has 2 N–H and O–H groups in total. The van der Waals surface area contributed by atoms with Crippen LogP contribution in [0.4, 0.5) is 24.5 Å². The number of anilines is 2. The van der Waals surface area contributed by atoms with E-state index in [1.54, 1.807) is 25.2 Å². The van der Waals surface area contributed by atoms with Gasteiger partial charge >= 0.3 is 0 Å². The van der Waals surface area contributed by atoms with E-state index in [0.29, 0.717) is 17.6 Å². The largest absolute Gasteiger partial charge is 0.493 e. The van der Waals surface area contributed by atoms with E-state index in [-0.39, 0.29) is 24.0 Å². The maximum atomic E-state index is 13.7. The van der Waals surface area contributed by atoms with Gasteiger partial charge in [-0.2, -0.15) is 0 Å². The summed E-state index contributed by atoms with van der Waals surface area (Å²) in [4.78, 5) is 16.2. The molecule has 0 spiro atoms. The van der Waals surface area contributed by atoms with Crippen LogP contribution >= 0.6 is 12.4 Å². The lowest BCUT2D eigenvalue weighted by molar-refractivity contribution is 0.102. The van der Waals surface area contributed by atoms with Gasteiger partial charge in [-0.25, -0.2) is 18.2 Å². The first-order chi connectivity index (χ1) is 13.9. The molecule has 2 aromatic carbocycles. The average molecular weight is 440 g/mol. The van der Waals surface area contributed by atoms with Crippen LogP contribution in [0.15, 0.2) is 48.7 Å². The van der Waals surface area contributed by atoms with Gasteiger partial charge in [-0.15, -0.1) is 12.4 Å². The van der Waals surface area contributed by atoms with E-state index in [1.165, 1.54) is 25.4 Å². The lowest BCUT2D eigenvalue weighted by Gasteiger charge is -2.12. The van der Waals surface area contributed by atoms with E-state index in [2.05, 4.69) is 15.6 Å². The number of hydrogen-bond donors (Lipinski definition) is 2. The number of pyridine rings is 1. The van der Waals surface area contributed by atoms with Gasteiger partial charge in [0.25, 0.3) is 5.91 Å². The Morgan fingerprint density at radius 1 is 0.967 bits per heavy atom. The van der Waals surface area contributed by atoms with Crippen molar-refractivity contribution in [2.45, 2.75) is 0 Å². The summed E-state index contributed by atoms with van der Waals surface area (Å²) < 4.78 is 50.9. The summed E-state index contributed by atoms with van der Waals surface area (Å²) in [5.74, 6) is -4.45. The Balaban J connectivity index is 0.00000320. The smallest absolute Gasteiger partial charge is 0.258 e. The van der Waals surface area contributed by atoms with Crippen LogP contribution in [0, 0.1) is 17.5 Å². The Morgan fingerprint density at radius 3 is 2.33 bits per heavy atom. The Hall–Kier alpha value is -3.46. The molecule has 0 saturated carbocycles. The first-order valence-electron chi connectivity index (χ1n) is 8.37. The molecule has 0 aliphatic carbocycles. The van der Waals surface area contributed by atoms with E-state index >= 15 is 0 Å². The van der Waals surface area contributed by atoms with Crippen molar-refractivity contribution < 1.29 is 27.4 Å². The minimum Gasteiger partial charge on any atom is -0.493 e. The molecule has 0 bridgehead atoms. The molecule has 0 fully saturated rings. The van der Waals surface area contributed by atoms with Crippen LogP contribution in [0.2, 0.25) is 0 Å². The number of nitrogens with one attached hydrogen (secondary N) is 2. The van der Waals surface area contributed by atoms with Crippen molar-refractivity contribution in [3.05, 3.63) is 71.7 Å². The van der Waals surface area contributed by atoms with E-state index < -0.39 is 28.9 Å². The Labute approximate surface area is 176 Å². The molecule has 0 unspecified atom stereocenters. The molecule has 1 amide bonds. The number of aromatic nitrogens is 1. The molecule has 1 aromatic heterocycles. The van der Waals surface area contributed by atoms with Crippen LogP contribution in [-0.2, 0) is 0 Å². The first-order valence-corrected chi connectivity index (χ1v) is 8.37. The molecule has 1 heterocycles. The maximum absolute atomic E-state index is 13.7. The van der Waals surface area contributed by atoms with E-state index in [0.717, 1.165) is 11.8 Å². The summed E-state index contributed by atoms with van der Waals surface area (Å²) >= 11 is 0. The van der Waals surface area contributed by atoms with Gasteiger partial charge in [0.05, 0.1) is 24.6 Å². The zero-order chi connectivity index (χ0) is 21.0. The quantitative estimate of drug-likeness (QED) is 0.528. The van der Waals surface area contributed by atoms with Gasteiger partial charge in [0.2, 0.25) is 5.88 Å².